The average molecular weight is 243 g/mol. The van der Waals surface area contributed by atoms with Gasteiger partial charge in [0.25, 0.3) is 0 Å². The Balaban J connectivity index is 2.07. The van der Waals surface area contributed by atoms with E-state index in [4.69, 9.17) is 0 Å². The Kier molecular flexibility index (Phi) is 3.72. The standard InChI is InChI=1S/C13H17N5/c1-10-8-14-6-4-11(10)9-16-12-5-7-15-13(17-12)18(2)3/h4-8H,9H2,1-3H3,(H,15,16,17). The zero-order valence-corrected chi connectivity index (χ0v) is 10.9. The lowest BCUT2D eigenvalue weighted by Crippen LogP contribution is -2.13. The van der Waals surface area contributed by atoms with Crippen LogP contribution in [0.2, 0.25) is 0 Å². The second-order valence-electron chi connectivity index (χ2n) is 4.29. The summed E-state index contributed by atoms with van der Waals surface area (Å²) in [7, 11) is 3.85. The van der Waals surface area contributed by atoms with Crippen molar-refractivity contribution in [2.75, 3.05) is 24.3 Å². The number of hydrogen-bond acceptors (Lipinski definition) is 5. The van der Waals surface area contributed by atoms with E-state index in [1.54, 1.807) is 12.4 Å². The molecule has 18 heavy (non-hydrogen) atoms. The normalized spacial score (nSPS) is 10.2. The van der Waals surface area contributed by atoms with Crippen LogP contribution in [0, 0.1) is 6.92 Å². The average Bonchev–Trinajstić information content (AvgIpc) is 2.38. The molecular weight excluding hydrogens is 226 g/mol. The maximum atomic E-state index is 4.41. The van der Waals surface area contributed by atoms with Gasteiger partial charge in [-0.05, 0) is 30.2 Å². The lowest BCUT2D eigenvalue weighted by atomic mass is 10.1. The molecule has 0 spiro atoms. The molecule has 1 N–H and O–H groups in total. The molecule has 2 aromatic rings. The number of anilines is 2. The third kappa shape index (κ3) is 2.94. The first-order chi connectivity index (χ1) is 8.66. The van der Waals surface area contributed by atoms with Gasteiger partial charge in [-0.25, -0.2) is 4.98 Å². The molecule has 0 saturated carbocycles. The number of aryl methyl sites for hydroxylation is 1. The van der Waals surface area contributed by atoms with Crippen molar-refractivity contribution in [2.45, 2.75) is 13.5 Å². The van der Waals surface area contributed by atoms with Crippen LogP contribution in [0.4, 0.5) is 11.8 Å². The van der Waals surface area contributed by atoms with E-state index in [1.165, 1.54) is 11.1 Å². The fraction of sp³-hybridized carbons (Fsp3) is 0.308. The first-order valence-electron chi connectivity index (χ1n) is 5.80. The summed E-state index contributed by atoms with van der Waals surface area (Å²) in [4.78, 5) is 14.5. The van der Waals surface area contributed by atoms with Gasteiger partial charge >= 0.3 is 0 Å². The number of nitrogens with zero attached hydrogens (tertiary/aromatic N) is 4. The van der Waals surface area contributed by atoms with Gasteiger partial charge in [-0.3, -0.25) is 4.98 Å². The summed E-state index contributed by atoms with van der Waals surface area (Å²) in [5.74, 6) is 1.52. The van der Waals surface area contributed by atoms with Crippen LogP contribution >= 0.6 is 0 Å². The highest BCUT2D eigenvalue weighted by atomic mass is 15.2. The van der Waals surface area contributed by atoms with Crippen LogP contribution in [-0.4, -0.2) is 29.0 Å². The molecule has 0 radical (unpaired) electrons. The third-order valence-corrected chi connectivity index (χ3v) is 2.64. The van der Waals surface area contributed by atoms with Crippen molar-refractivity contribution in [2.24, 2.45) is 0 Å². The van der Waals surface area contributed by atoms with E-state index < -0.39 is 0 Å². The minimum absolute atomic E-state index is 0.700. The summed E-state index contributed by atoms with van der Waals surface area (Å²) >= 11 is 0. The first-order valence-corrected chi connectivity index (χ1v) is 5.80. The largest absolute Gasteiger partial charge is 0.366 e. The summed E-state index contributed by atoms with van der Waals surface area (Å²) < 4.78 is 0. The number of hydrogen-bond donors (Lipinski definition) is 1. The van der Waals surface area contributed by atoms with Crippen molar-refractivity contribution >= 4 is 11.8 Å². The van der Waals surface area contributed by atoms with Crippen molar-refractivity contribution in [3.8, 4) is 0 Å². The quantitative estimate of drug-likeness (QED) is 0.888. The van der Waals surface area contributed by atoms with Gasteiger partial charge in [0.2, 0.25) is 5.95 Å². The predicted octanol–water partition coefficient (Wildman–Crippen LogP) is 1.86. The first kappa shape index (κ1) is 12.3. The molecule has 2 rings (SSSR count). The molecule has 0 unspecified atom stereocenters. The van der Waals surface area contributed by atoms with Crippen LogP contribution in [0.1, 0.15) is 11.1 Å². The van der Waals surface area contributed by atoms with E-state index in [9.17, 15) is 0 Å². The molecule has 0 amide bonds. The fourth-order valence-corrected chi connectivity index (χ4v) is 1.55. The van der Waals surface area contributed by atoms with Crippen LogP contribution in [-0.2, 0) is 6.54 Å². The van der Waals surface area contributed by atoms with Crippen molar-refractivity contribution in [3.63, 3.8) is 0 Å². The van der Waals surface area contributed by atoms with E-state index >= 15 is 0 Å². The Hall–Kier alpha value is -2.17. The van der Waals surface area contributed by atoms with Gasteiger partial charge in [0.05, 0.1) is 0 Å². The zero-order valence-electron chi connectivity index (χ0n) is 10.9. The van der Waals surface area contributed by atoms with Crippen LogP contribution in [0.3, 0.4) is 0 Å². The van der Waals surface area contributed by atoms with Gasteiger partial charge in [-0.15, -0.1) is 0 Å². The van der Waals surface area contributed by atoms with Crippen molar-refractivity contribution in [1.82, 2.24) is 15.0 Å². The molecule has 0 saturated heterocycles. The lowest BCUT2D eigenvalue weighted by molar-refractivity contribution is 0.984. The molecule has 2 heterocycles. The minimum Gasteiger partial charge on any atom is -0.366 e. The molecule has 0 aliphatic rings. The van der Waals surface area contributed by atoms with E-state index in [0.717, 1.165) is 12.4 Å². The Morgan fingerprint density at radius 1 is 1.22 bits per heavy atom. The molecule has 0 atom stereocenters. The molecule has 0 aliphatic carbocycles. The van der Waals surface area contributed by atoms with E-state index in [-0.39, 0.29) is 0 Å². The summed E-state index contributed by atoms with van der Waals surface area (Å²) in [5.41, 5.74) is 2.39. The number of nitrogens with one attached hydrogen (secondary N) is 1. The summed E-state index contributed by atoms with van der Waals surface area (Å²) in [6.45, 7) is 2.79. The van der Waals surface area contributed by atoms with Crippen LogP contribution in [0.25, 0.3) is 0 Å². The van der Waals surface area contributed by atoms with E-state index in [0.29, 0.717) is 5.95 Å². The van der Waals surface area contributed by atoms with Gasteiger partial charge in [-0.2, -0.15) is 4.98 Å². The maximum Gasteiger partial charge on any atom is 0.226 e. The molecule has 0 aromatic carbocycles. The smallest absolute Gasteiger partial charge is 0.226 e. The van der Waals surface area contributed by atoms with Gasteiger partial charge in [0.15, 0.2) is 0 Å². The molecule has 2 aromatic heterocycles. The Morgan fingerprint density at radius 2 is 2.06 bits per heavy atom. The highest BCUT2D eigenvalue weighted by Crippen LogP contribution is 2.11. The Morgan fingerprint density at radius 3 is 2.78 bits per heavy atom. The maximum absolute atomic E-state index is 4.41. The topological polar surface area (TPSA) is 53.9 Å². The monoisotopic (exact) mass is 243 g/mol. The summed E-state index contributed by atoms with van der Waals surface area (Å²) in [5, 5.41) is 3.29. The predicted molar refractivity (Wildman–Crippen MR) is 72.7 cm³/mol. The van der Waals surface area contributed by atoms with Gasteiger partial charge in [-0.1, -0.05) is 0 Å². The van der Waals surface area contributed by atoms with Gasteiger partial charge in [0.1, 0.15) is 5.82 Å². The highest BCUT2D eigenvalue weighted by Gasteiger charge is 2.02. The molecule has 0 bridgehead atoms. The van der Waals surface area contributed by atoms with Crippen LogP contribution in [0.15, 0.2) is 30.7 Å². The Labute approximate surface area is 107 Å². The highest BCUT2D eigenvalue weighted by molar-refractivity contribution is 5.41. The van der Waals surface area contributed by atoms with Crippen LogP contribution in [0.5, 0.6) is 0 Å². The molecular formula is C13H17N5. The van der Waals surface area contributed by atoms with Crippen molar-refractivity contribution in [3.05, 3.63) is 41.9 Å². The van der Waals surface area contributed by atoms with E-state index in [1.807, 2.05) is 37.3 Å². The molecule has 5 heteroatoms. The summed E-state index contributed by atoms with van der Waals surface area (Å²) in [6, 6.07) is 3.87. The fourth-order valence-electron chi connectivity index (χ4n) is 1.55. The molecule has 0 fully saturated rings. The molecule has 5 nitrogen and oxygen atoms in total. The Bertz CT molecular complexity index is 524. The van der Waals surface area contributed by atoms with E-state index in [2.05, 4.69) is 27.2 Å². The molecule has 0 aliphatic heterocycles. The van der Waals surface area contributed by atoms with Crippen molar-refractivity contribution < 1.29 is 0 Å². The number of rotatable bonds is 4. The third-order valence-electron chi connectivity index (χ3n) is 2.64. The SMILES string of the molecule is Cc1cnccc1CNc1ccnc(N(C)C)n1. The zero-order chi connectivity index (χ0) is 13.0. The van der Waals surface area contributed by atoms with Crippen LogP contribution < -0.4 is 10.2 Å². The summed E-state index contributed by atoms with van der Waals surface area (Å²) in [6.07, 6.45) is 5.42. The number of pyridine rings is 1. The second kappa shape index (κ2) is 5.44. The second-order valence-corrected chi connectivity index (χ2v) is 4.29. The van der Waals surface area contributed by atoms with Gasteiger partial charge < -0.3 is 10.2 Å². The number of aromatic nitrogens is 3. The van der Waals surface area contributed by atoms with Gasteiger partial charge in [0, 0.05) is 39.2 Å². The van der Waals surface area contributed by atoms with Crippen molar-refractivity contribution in [1.29, 1.82) is 0 Å². The molecule has 94 valence electrons. The minimum atomic E-state index is 0.700. The lowest BCUT2D eigenvalue weighted by Gasteiger charge is -2.12.